The van der Waals surface area contributed by atoms with E-state index < -0.39 is 5.60 Å². The van der Waals surface area contributed by atoms with Crippen LogP contribution in [-0.2, 0) is 18.6 Å². The number of benzene rings is 3. The Morgan fingerprint density at radius 2 is 1.79 bits per heavy atom. The summed E-state index contributed by atoms with van der Waals surface area (Å²) in [6.45, 7) is 5.95. The summed E-state index contributed by atoms with van der Waals surface area (Å²) in [5.41, 5.74) is 3.68. The first-order valence-electron chi connectivity index (χ1n) is 11.7. The third kappa shape index (κ3) is 4.78. The first-order valence-corrected chi connectivity index (χ1v) is 11.7. The van der Waals surface area contributed by atoms with Gasteiger partial charge in [0.25, 0.3) is 5.56 Å². The van der Waals surface area contributed by atoms with Gasteiger partial charge in [-0.25, -0.2) is 4.98 Å². The minimum Gasteiger partial charge on any atom is -0.386 e. The summed E-state index contributed by atoms with van der Waals surface area (Å²) >= 11 is 0. The monoisotopic (exact) mass is 451 g/mol. The Morgan fingerprint density at radius 3 is 2.47 bits per heavy atom. The first kappa shape index (κ1) is 23.4. The van der Waals surface area contributed by atoms with Crippen LogP contribution < -0.4 is 5.56 Å². The minimum atomic E-state index is -1.04. The SMILES string of the molecule is CCCCc1nc2ccc(C(C)(C)O)cc2c(=O)n1Cc1ccc(-c2ccccc2C#N)cc1. The number of rotatable bonds is 7. The van der Waals surface area contributed by atoms with Crippen molar-refractivity contribution in [3.05, 3.63) is 99.6 Å². The average Bonchev–Trinajstić information content (AvgIpc) is 2.84. The summed E-state index contributed by atoms with van der Waals surface area (Å²) in [6, 6.07) is 23.2. The summed E-state index contributed by atoms with van der Waals surface area (Å²) in [5.74, 6) is 0.772. The van der Waals surface area contributed by atoms with Gasteiger partial charge in [-0.2, -0.15) is 5.26 Å². The van der Waals surface area contributed by atoms with Crippen molar-refractivity contribution in [2.45, 2.75) is 52.2 Å². The topological polar surface area (TPSA) is 78.9 Å². The molecule has 0 aliphatic carbocycles. The minimum absolute atomic E-state index is 0.0962. The molecule has 172 valence electrons. The molecule has 5 heteroatoms. The summed E-state index contributed by atoms with van der Waals surface area (Å²) in [7, 11) is 0. The average molecular weight is 452 g/mol. The third-order valence-corrected chi connectivity index (χ3v) is 6.15. The number of nitriles is 1. The van der Waals surface area contributed by atoms with E-state index in [1.54, 1.807) is 24.5 Å². The molecule has 5 nitrogen and oxygen atoms in total. The van der Waals surface area contributed by atoms with Gasteiger partial charge in [0.15, 0.2) is 0 Å². The van der Waals surface area contributed by atoms with Gasteiger partial charge in [-0.05, 0) is 60.7 Å². The lowest BCUT2D eigenvalue weighted by Crippen LogP contribution is -2.26. The third-order valence-electron chi connectivity index (χ3n) is 6.15. The fourth-order valence-electron chi connectivity index (χ4n) is 4.14. The van der Waals surface area contributed by atoms with Crippen LogP contribution in [0.15, 0.2) is 71.5 Å². The standard InChI is InChI=1S/C29H29N3O2/c1-4-5-10-27-31-26-16-15-23(29(2,3)34)17-25(26)28(33)32(27)19-20-11-13-21(14-12-20)24-9-7-6-8-22(24)18-30/h6-9,11-17,34H,4-5,10,19H2,1-3H3. The van der Waals surface area contributed by atoms with Crippen LogP contribution in [0.5, 0.6) is 0 Å². The van der Waals surface area contributed by atoms with Crippen LogP contribution >= 0.6 is 0 Å². The molecule has 3 aromatic carbocycles. The van der Waals surface area contributed by atoms with Gasteiger partial charge >= 0.3 is 0 Å². The maximum Gasteiger partial charge on any atom is 0.261 e. The van der Waals surface area contributed by atoms with Crippen LogP contribution in [0.3, 0.4) is 0 Å². The second kappa shape index (κ2) is 9.62. The molecule has 0 amide bonds. The molecule has 0 aliphatic rings. The van der Waals surface area contributed by atoms with Gasteiger partial charge in [-0.3, -0.25) is 9.36 Å². The van der Waals surface area contributed by atoms with Crippen LogP contribution in [0.2, 0.25) is 0 Å². The number of aromatic nitrogens is 2. The number of nitrogens with zero attached hydrogens (tertiary/aromatic N) is 3. The van der Waals surface area contributed by atoms with Crippen molar-refractivity contribution < 1.29 is 5.11 Å². The molecule has 1 heterocycles. The van der Waals surface area contributed by atoms with Crippen LogP contribution in [-0.4, -0.2) is 14.7 Å². The van der Waals surface area contributed by atoms with Gasteiger partial charge in [0.2, 0.25) is 0 Å². The normalized spacial score (nSPS) is 11.5. The molecular weight excluding hydrogens is 422 g/mol. The molecule has 0 radical (unpaired) electrons. The van der Waals surface area contributed by atoms with Crippen molar-refractivity contribution in [2.75, 3.05) is 0 Å². The Hall–Kier alpha value is -3.75. The van der Waals surface area contributed by atoms with Crippen molar-refractivity contribution in [3.63, 3.8) is 0 Å². The van der Waals surface area contributed by atoms with Gasteiger partial charge in [-0.1, -0.05) is 61.9 Å². The first-order chi connectivity index (χ1) is 16.3. The molecule has 0 bridgehead atoms. The quantitative estimate of drug-likeness (QED) is 0.399. The van der Waals surface area contributed by atoms with E-state index in [0.29, 0.717) is 28.6 Å². The number of fused-ring (bicyclic) bond motifs is 1. The lowest BCUT2D eigenvalue weighted by atomic mass is 9.97. The summed E-state index contributed by atoms with van der Waals surface area (Å²) in [4.78, 5) is 18.4. The van der Waals surface area contributed by atoms with Crippen molar-refractivity contribution in [3.8, 4) is 17.2 Å². The Balaban J connectivity index is 1.75. The maximum absolute atomic E-state index is 13.6. The van der Waals surface area contributed by atoms with Crippen molar-refractivity contribution in [2.24, 2.45) is 0 Å². The fraction of sp³-hybridized carbons (Fsp3) is 0.276. The molecule has 0 atom stereocenters. The molecule has 0 saturated heterocycles. The molecular formula is C29H29N3O2. The second-order valence-corrected chi connectivity index (χ2v) is 9.17. The molecule has 1 N–H and O–H groups in total. The maximum atomic E-state index is 13.6. The molecule has 1 aromatic heterocycles. The zero-order valence-electron chi connectivity index (χ0n) is 19.9. The lowest BCUT2D eigenvalue weighted by molar-refractivity contribution is 0.0787. The molecule has 34 heavy (non-hydrogen) atoms. The van der Waals surface area contributed by atoms with E-state index >= 15 is 0 Å². The highest BCUT2D eigenvalue weighted by molar-refractivity contribution is 5.78. The fourth-order valence-corrected chi connectivity index (χ4v) is 4.14. The van der Waals surface area contributed by atoms with E-state index in [4.69, 9.17) is 4.98 Å². The van der Waals surface area contributed by atoms with Crippen LogP contribution in [0.1, 0.15) is 56.1 Å². The predicted octanol–water partition coefficient (Wildman–Crippen LogP) is 5.55. The summed E-state index contributed by atoms with van der Waals surface area (Å²) < 4.78 is 1.75. The van der Waals surface area contributed by atoms with Gasteiger partial charge in [0.1, 0.15) is 5.82 Å². The Kier molecular flexibility index (Phi) is 6.63. The Morgan fingerprint density at radius 1 is 1.06 bits per heavy atom. The summed E-state index contributed by atoms with van der Waals surface area (Å²) in [5, 5.41) is 20.3. The number of aryl methyl sites for hydroxylation is 1. The van der Waals surface area contributed by atoms with E-state index in [2.05, 4.69) is 13.0 Å². The van der Waals surface area contributed by atoms with Crippen LogP contribution in [0.4, 0.5) is 0 Å². The zero-order chi connectivity index (χ0) is 24.3. The van der Waals surface area contributed by atoms with E-state index in [1.807, 2.05) is 60.7 Å². The number of aliphatic hydroxyl groups is 1. The van der Waals surface area contributed by atoms with E-state index in [-0.39, 0.29) is 5.56 Å². The second-order valence-electron chi connectivity index (χ2n) is 9.17. The molecule has 0 saturated carbocycles. The largest absolute Gasteiger partial charge is 0.386 e. The molecule has 4 aromatic rings. The van der Waals surface area contributed by atoms with Gasteiger partial charge in [-0.15, -0.1) is 0 Å². The van der Waals surface area contributed by atoms with Gasteiger partial charge in [0.05, 0.1) is 34.7 Å². The van der Waals surface area contributed by atoms with E-state index in [0.717, 1.165) is 41.8 Å². The van der Waals surface area contributed by atoms with Crippen molar-refractivity contribution in [1.29, 1.82) is 5.26 Å². The highest BCUT2D eigenvalue weighted by Crippen LogP contribution is 2.25. The summed E-state index contributed by atoms with van der Waals surface area (Å²) in [6.07, 6.45) is 2.69. The molecule has 0 unspecified atom stereocenters. The van der Waals surface area contributed by atoms with Crippen LogP contribution in [0.25, 0.3) is 22.0 Å². The molecule has 0 spiro atoms. The van der Waals surface area contributed by atoms with Crippen LogP contribution in [0, 0.1) is 11.3 Å². The van der Waals surface area contributed by atoms with Crippen molar-refractivity contribution >= 4 is 10.9 Å². The zero-order valence-corrected chi connectivity index (χ0v) is 19.9. The van der Waals surface area contributed by atoms with Crippen molar-refractivity contribution in [1.82, 2.24) is 9.55 Å². The Labute approximate surface area is 200 Å². The Bertz CT molecular complexity index is 1420. The number of hydrogen-bond acceptors (Lipinski definition) is 4. The highest BCUT2D eigenvalue weighted by atomic mass is 16.3. The number of hydrogen-bond donors (Lipinski definition) is 1. The predicted molar refractivity (Wildman–Crippen MR) is 136 cm³/mol. The van der Waals surface area contributed by atoms with E-state index in [9.17, 15) is 15.2 Å². The molecule has 4 rings (SSSR count). The number of unbranched alkanes of at least 4 members (excludes halogenated alkanes) is 1. The smallest absolute Gasteiger partial charge is 0.261 e. The molecule has 0 aliphatic heterocycles. The van der Waals surface area contributed by atoms with E-state index in [1.165, 1.54) is 0 Å². The van der Waals surface area contributed by atoms with Gasteiger partial charge in [0, 0.05) is 6.42 Å². The van der Waals surface area contributed by atoms with Gasteiger partial charge < -0.3 is 5.11 Å². The molecule has 0 fully saturated rings. The lowest BCUT2D eigenvalue weighted by Gasteiger charge is -2.19. The highest BCUT2D eigenvalue weighted by Gasteiger charge is 2.19.